The first-order valence-electron chi connectivity index (χ1n) is 7.19. The summed E-state index contributed by atoms with van der Waals surface area (Å²) in [5.41, 5.74) is 3.10. The Morgan fingerprint density at radius 3 is 2.64 bits per heavy atom. The number of nitrogens with zero attached hydrogens (tertiary/aromatic N) is 2. The molecule has 0 saturated heterocycles. The van der Waals surface area contributed by atoms with Crippen LogP contribution < -0.4 is 10.6 Å². The van der Waals surface area contributed by atoms with Crippen molar-refractivity contribution in [3.05, 3.63) is 41.6 Å². The molecule has 6 heteroatoms. The van der Waals surface area contributed by atoms with Crippen molar-refractivity contribution < 1.29 is 9.53 Å². The number of methoxy groups -OCH3 is 1. The van der Waals surface area contributed by atoms with Crippen LogP contribution in [0.5, 0.6) is 0 Å². The molecule has 118 valence electrons. The number of amides is 2. The highest BCUT2D eigenvalue weighted by atomic mass is 16.5. The van der Waals surface area contributed by atoms with Gasteiger partial charge in [0.05, 0.1) is 18.3 Å². The van der Waals surface area contributed by atoms with Crippen molar-refractivity contribution >= 4 is 11.8 Å². The Bertz CT molecular complexity index is 634. The van der Waals surface area contributed by atoms with Crippen molar-refractivity contribution in [3.8, 4) is 5.69 Å². The summed E-state index contributed by atoms with van der Waals surface area (Å²) in [6.07, 6.45) is 0. The minimum Gasteiger partial charge on any atom is -0.383 e. The first-order valence-corrected chi connectivity index (χ1v) is 7.19. The Morgan fingerprint density at radius 1 is 1.32 bits per heavy atom. The van der Waals surface area contributed by atoms with Crippen LogP contribution in [0.25, 0.3) is 5.69 Å². The van der Waals surface area contributed by atoms with Gasteiger partial charge in [-0.1, -0.05) is 17.7 Å². The lowest BCUT2D eigenvalue weighted by Crippen LogP contribution is -2.38. The second-order valence-electron chi connectivity index (χ2n) is 5.37. The Hall–Kier alpha value is -2.34. The lowest BCUT2D eigenvalue weighted by atomic mass is 10.2. The van der Waals surface area contributed by atoms with Gasteiger partial charge in [0.15, 0.2) is 5.82 Å². The summed E-state index contributed by atoms with van der Waals surface area (Å²) < 4.78 is 6.78. The number of aryl methyl sites for hydroxylation is 2. The van der Waals surface area contributed by atoms with E-state index in [4.69, 9.17) is 4.74 Å². The van der Waals surface area contributed by atoms with Crippen molar-refractivity contribution in [1.82, 2.24) is 15.1 Å². The number of hydrogen-bond donors (Lipinski definition) is 2. The first kappa shape index (κ1) is 16.0. The molecule has 0 fully saturated rings. The molecule has 0 radical (unpaired) electrons. The predicted octanol–water partition coefficient (Wildman–Crippen LogP) is 2.65. The number of rotatable bonds is 5. The Balaban J connectivity index is 2.06. The average Bonchev–Trinajstić information content (AvgIpc) is 2.80. The largest absolute Gasteiger partial charge is 0.383 e. The molecule has 2 aromatic rings. The molecule has 2 N–H and O–H groups in total. The van der Waals surface area contributed by atoms with Crippen LogP contribution in [0.2, 0.25) is 0 Å². The minimum atomic E-state index is -0.293. The number of carbonyl (C=O) groups is 1. The van der Waals surface area contributed by atoms with E-state index >= 15 is 0 Å². The van der Waals surface area contributed by atoms with Crippen LogP contribution in [0.15, 0.2) is 30.3 Å². The predicted molar refractivity (Wildman–Crippen MR) is 86.5 cm³/mol. The van der Waals surface area contributed by atoms with Crippen molar-refractivity contribution in [2.24, 2.45) is 0 Å². The number of urea groups is 1. The second kappa shape index (κ2) is 7.09. The maximum absolute atomic E-state index is 11.9. The van der Waals surface area contributed by atoms with Gasteiger partial charge < -0.3 is 10.1 Å². The van der Waals surface area contributed by atoms with E-state index in [2.05, 4.69) is 15.7 Å². The van der Waals surface area contributed by atoms with Gasteiger partial charge in [-0.15, -0.1) is 5.10 Å². The highest BCUT2D eigenvalue weighted by Crippen LogP contribution is 2.15. The third-order valence-electron chi connectivity index (χ3n) is 3.20. The second-order valence-corrected chi connectivity index (χ2v) is 5.37. The lowest BCUT2D eigenvalue weighted by Gasteiger charge is -2.12. The van der Waals surface area contributed by atoms with E-state index in [-0.39, 0.29) is 12.1 Å². The van der Waals surface area contributed by atoms with Crippen LogP contribution in [0.4, 0.5) is 10.6 Å². The topological polar surface area (TPSA) is 68.2 Å². The van der Waals surface area contributed by atoms with Crippen molar-refractivity contribution in [2.75, 3.05) is 19.0 Å². The summed E-state index contributed by atoms with van der Waals surface area (Å²) in [5.74, 6) is 0.514. The van der Waals surface area contributed by atoms with E-state index in [0.29, 0.717) is 12.4 Å². The van der Waals surface area contributed by atoms with Gasteiger partial charge in [-0.3, -0.25) is 5.32 Å². The fourth-order valence-electron chi connectivity index (χ4n) is 2.15. The highest BCUT2D eigenvalue weighted by molar-refractivity contribution is 5.88. The molecule has 0 aliphatic heterocycles. The van der Waals surface area contributed by atoms with Gasteiger partial charge >= 0.3 is 6.03 Å². The molecular weight excluding hydrogens is 280 g/mol. The van der Waals surface area contributed by atoms with Crippen LogP contribution in [-0.4, -0.2) is 35.6 Å². The number of ether oxygens (including phenoxy) is 1. The molecule has 2 amide bonds. The zero-order valence-electron chi connectivity index (χ0n) is 13.4. The Labute approximate surface area is 130 Å². The number of anilines is 1. The molecule has 1 aromatic carbocycles. The minimum absolute atomic E-state index is 0.0646. The molecule has 0 saturated carbocycles. The molecule has 0 bridgehead atoms. The van der Waals surface area contributed by atoms with E-state index < -0.39 is 0 Å². The van der Waals surface area contributed by atoms with E-state index in [9.17, 15) is 4.79 Å². The summed E-state index contributed by atoms with van der Waals surface area (Å²) in [4.78, 5) is 11.9. The maximum atomic E-state index is 11.9. The average molecular weight is 302 g/mol. The molecule has 1 unspecified atom stereocenters. The Morgan fingerprint density at radius 2 is 2.00 bits per heavy atom. The van der Waals surface area contributed by atoms with Gasteiger partial charge in [0.1, 0.15) is 0 Å². The van der Waals surface area contributed by atoms with Crippen molar-refractivity contribution in [2.45, 2.75) is 26.8 Å². The third kappa shape index (κ3) is 4.08. The summed E-state index contributed by atoms with van der Waals surface area (Å²) >= 11 is 0. The van der Waals surface area contributed by atoms with Gasteiger partial charge in [-0.05, 0) is 32.9 Å². The van der Waals surface area contributed by atoms with Gasteiger partial charge in [-0.2, -0.15) is 0 Å². The van der Waals surface area contributed by atoms with Crippen LogP contribution in [-0.2, 0) is 4.74 Å². The SMILES string of the molecule is COCC(C)NC(=O)Nc1cc(C)n(-c2ccc(C)cc2)n1. The van der Waals surface area contributed by atoms with Gasteiger partial charge in [0, 0.05) is 18.9 Å². The molecule has 1 heterocycles. The van der Waals surface area contributed by atoms with Crippen LogP contribution in [0, 0.1) is 13.8 Å². The fourth-order valence-corrected chi connectivity index (χ4v) is 2.15. The quantitative estimate of drug-likeness (QED) is 0.892. The zero-order chi connectivity index (χ0) is 16.1. The number of carbonyl (C=O) groups excluding carboxylic acids is 1. The third-order valence-corrected chi connectivity index (χ3v) is 3.20. The Kier molecular flexibility index (Phi) is 5.16. The molecule has 6 nitrogen and oxygen atoms in total. The van der Waals surface area contributed by atoms with E-state index in [0.717, 1.165) is 11.4 Å². The zero-order valence-corrected chi connectivity index (χ0v) is 13.4. The molecule has 0 aliphatic carbocycles. The lowest BCUT2D eigenvalue weighted by molar-refractivity contribution is 0.173. The van der Waals surface area contributed by atoms with E-state index in [1.807, 2.05) is 51.1 Å². The summed E-state index contributed by atoms with van der Waals surface area (Å²) in [6, 6.07) is 9.54. The molecule has 2 rings (SSSR count). The van der Waals surface area contributed by atoms with Gasteiger partial charge in [-0.25, -0.2) is 9.48 Å². The van der Waals surface area contributed by atoms with E-state index in [1.54, 1.807) is 11.8 Å². The molecule has 1 atom stereocenters. The van der Waals surface area contributed by atoms with Crippen LogP contribution in [0.3, 0.4) is 0 Å². The van der Waals surface area contributed by atoms with E-state index in [1.165, 1.54) is 5.56 Å². The summed E-state index contributed by atoms with van der Waals surface area (Å²) in [7, 11) is 1.60. The van der Waals surface area contributed by atoms with Crippen LogP contribution >= 0.6 is 0 Å². The standard InChI is InChI=1S/C16H22N4O2/c1-11-5-7-14(8-6-11)20-13(3)9-15(19-20)18-16(21)17-12(2)10-22-4/h5-9,12H,10H2,1-4H3,(H2,17,18,19,21). The molecule has 22 heavy (non-hydrogen) atoms. The molecular formula is C16H22N4O2. The maximum Gasteiger partial charge on any atom is 0.320 e. The summed E-state index contributed by atoms with van der Waals surface area (Å²) in [6.45, 7) is 6.32. The number of benzene rings is 1. The molecule has 0 aliphatic rings. The number of nitrogens with one attached hydrogen (secondary N) is 2. The normalized spacial score (nSPS) is 12.0. The summed E-state index contributed by atoms with van der Waals surface area (Å²) in [5, 5.41) is 9.93. The number of hydrogen-bond acceptors (Lipinski definition) is 3. The number of aromatic nitrogens is 2. The van der Waals surface area contributed by atoms with Gasteiger partial charge in [0.25, 0.3) is 0 Å². The first-order chi connectivity index (χ1) is 10.5. The van der Waals surface area contributed by atoms with Crippen LogP contribution in [0.1, 0.15) is 18.2 Å². The van der Waals surface area contributed by atoms with Gasteiger partial charge in [0.2, 0.25) is 0 Å². The van der Waals surface area contributed by atoms with Crippen molar-refractivity contribution in [3.63, 3.8) is 0 Å². The van der Waals surface area contributed by atoms with Crippen molar-refractivity contribution in [1.29, 1.82) is 0 Å². The highest BCUT2D eigenvalue weighted by Gasteiger charge is 2.11. The smallest absolute Gasteiger partial charge is 0.320 e. The monoisotopic (exact) mass is 302 g/mol. The molecule has 0 spiro atoms. The molecule has 1 aromatic heterocycles. The fraction of sp³-hybridized carbons (Fsp3) is 0.375.